The van der Waals surface area contributed by atoms with E-state index in [1.807, 2.05) is 0 Å². The van der Waals surface area contributed by atoms with Gasteiger partial charge in [-0.3, -0.25) is 4.79 Å². The Labute approximate surface area is 104 Å². The molecule has 0 radical (unpaired) electrons. The minimum Gasteiger partial charge on any atom is -0.354 e. The molecule has 94 valence electrons. The van der Waals surface area contributed by atoms with Crippen molar-refractivity contribution in [3.05, 3.63) is 0 Å². The number of rotatable bonds is 3. The summed E-state index contributed by atoms with van der Waals surface area (Å²) in [4.78, 5) is 12.2. The molecule has 0 aliphatic heterocycles. The maximum atomic E-state index is 12.2. The molecular weight excluding hydrogens is 212 g/mol. The van der Waals surface area contributed by atoms with E-state index >= 15 is 0 Å². The molecule has 2 saturated carbocycles. The molecule has 0 aromatic carbocycles. The summed E-state index contributed by atoms with van der Waals surface area (Å²) in [5.74, 6) is 0.643. The van der Waals surface area contributed by atoms with Crippen LogP contribution in [0.1, 0.15) is 57.8 Å². The second-order valence-electron chi connectivity index (χ2n) is 5.62. The van der Waals surface area contributed by atoms with Crippen LogP contribution in [-0.2, 0) is 4.79 Å². The molecule has 0 unspecified atom stereocenters. The molecule has 2 aliphatic rings. The van der Waals surface area contributed by atoms with Gasteiger partial charge in [0.1, 0.15) is 5.41 Å². The third kappa shape index (κ3) is 2.80. The number of hydrogen-bond donors (Lipinski definition) is 1. The Morgan fingerprint density at radius 2 is 1.82 bits per heavy atom. The second-order valence-corrected chi connectivity index (χ2v) is 5.62. The van der Waals surface area contributed by atoms with Crippen molar-refractivity contribution in [1.29, 1.82) is 5.26 Å². The highest BCUT2D eigenvalue weighted by Gasteiger charge is 2.39. The third-order valence-corrected chi connectivity index (χ3v) is 4.38. The predicted molar refractivity (Wildman–Crippen MR) is 66.1 cm³/mol. The average Bonchev–Trinajstić information content (AvgIpc) is 2.90. The Balaban J connectivity index is 1.86. The van der Waals surface area contributed by atoms with Crippen LogP contribution in [0, 0.1) is 22.7 Å². The lowest BCUT2D eigenvalue weighted by Gasteiger charge is -2.29. The minimum absolute atomic E-state index is 0.00778. The fourth-order valence-corrected chi connectivity index (χ4v) is 3.17. The first-order chi connectivity index (χ1) is 8.27. The van der Waals surface area contributed by atoms with Crippen LogP contribution < -0.4 is 5.32 Å². The summed E-state index contributed by atoms with van der Waals surface area (Å²) in [6, 6.07) is 2.28. The normalized spacial score (nSPS) is 24.2. The fourth-order valence-electron chi connectivity index (χ4n) is 3.17. The quantitative estimate of drug-likeness (QED) is 0.816. The van der Waals surface area contributed by atoms with Gasteiger partial charge >= 0.3 is 0 Å². The van der Waals surface area contributed by atoms with Crippen molar-refractivity contribution in [2.24, 2.45) is 11.3 Å². The Morgan fingerprint density at radius 3 is 2.41 bits per heavy atom. The van der Waals surface area contributed by atoms with E-state index in [-0.39, 0.29) is 5.91 Å². The number of carbonyl (C=O) groups is 1. The Hall–Kier alpha value is -1.04. The van der Waals surface area contributed by atoms with Crippen LogP contribution in [0.2, 0.25) is 0 Å². The van der Waals surface area contributed by atoms with Crippen molar-refractivity contribution in [3.63, 3.8) is 0 Å². The van der Waals surface area contributed by atoms with Crippen LogP contribution in [0.5, 0.6) is 0 Å². The van der Waals surface area contributed by atoms with Gasteiger partial charge in [0.15, 0.2) is 0 Å². The van der Waals surface area contributed by atoms with Crippen LogP contribution in [0.25, 0.3) is 0 Å². The standard InChI is InChI=1S/C14H22N2O/c15-11-14(8-4-1-5-9-14)13(17)16-10-12-6-2-3-7-12/h12H,1-10H2,(H,16,17). The topological polar surface area (TPSA) is 52.9 Å². The Bertz CT molecular complexity index is 307. The van der Waals surface area contributed by atoms with Crippen molar-refractivity contribution >= 4 is 5.91 Å². The van der Waals surface area contributed by atoms with Crippen LogP contribution in [0.3, 0.4) is 0 Å². The van der Waals surface area contributed by atoms with Gasteiger partial charge in [0.05, 0.1) is 6.07 Å². The van der Waals surface area contributed by atoms with Gasteiger partial charge < -0.3 is 5.32 Å². The average molecular weight is 234 g/mol. The van der Waals surface area contributed by atoms with Crippen molar-refractivity contribution in [3.8, 4) is 6.07 Å². The first kappa shape index (κ1) is 12.4. The summed E-state index contributed by atoms with van der Waals surface area (Å²) in [5.41, 5.74) is -0.711. The van der Waals surface area contributed by atoms with Gasteiger partial charge in [0, 0.05) is 6.54 Å². The largest absolute Gasteiger partial charge is 0.354 e. The number of nitrogens with zero attached hydrogens (tertiary/aromatic N) is 1. The molecule has 0 aromatic rings. The molecule has 0 bridgehead atoms. The monoisotopic (exact) mass is 234 g/mol. The Morgan fingerprint density at radius 1 is 1.18 bits per heavy atom. The van der Waals surface area contributed by atoms with Gasteiger partial charge in [-0.05, 0) is 31.6 Å². The summed E-state index contributed by atoms with van der Waals surface area (Å²) in [6.07, 6.45) is 9.77. The van der Waals surface area contributed by atoms with Gasteiger partial charge in [-0.25, -0.2) is 0 Å². The SMILES string of the molecule is N#CC1(C(=O)NCC2CCCC2)CCCCC1. The van der Waals surface area contributed by atoms with Gasteiger partial charge in [-0.1, -0.05) is 32.1 Å². The van der Waals surface area contributed by atoms with E-state index in [0.717, 1.165) is 32.2 Å². The molecule has 0 saturated heterocycles. The van der Waals surface area contributed by atoms with Crippen molar-refractivity contribution in [2.45, 2.75) is 57.8 Å². The van der Waals surface area contributed by atoms with Crippen molar-refractivity contribution in [1.82, 2.24) is 5.32 Å². The summed E-state index contributed by atoms with van der Waals surface area (Å²) in [7, 11) is 0. The van der Waals surface area contributed by atoms with Crippen LogP contribution in [0.15, 0.2) is 0 Å². The lowest BCUT2D eigenvalue weighted by Crippen LogP contribution is -2.42. The first-order valence-corrected chi connectivity index (χ1v) is 6.96. The van der Waals surface area contributed by atoms with E-state index in [2.05, 4.69) is 11.4 Å². The predicted octanol–water partition coefficient (Wildman–Crippen LogP) is 2.77. The molecule has 1 N–H and O–H groups in total. The molecular formula is C14H22N2O. The number of nitriles is 1. The number of amides is 1. The molecule has 3 heteroatoms. The molecule has 3 nitrogen and oxygen atoms in total. The lowest BCUT2D eigenvalue weighted by molar-refractivity contribution is -0.129. The van der Waals surface area contributed by atoms with E-state index in [1.54, 1.807) is 0 Å². The van der Waals surface area contributed by atoms with E-state index in [4.69, 9.17) is 0 Å². The zero-order valence-electron chi connectivity index (χ0n) is 10.5. The number of hydrogen-bond acceptors (Lipinski definition) is 2. The molecule has 0 aromatic heterocycles. The maximum absolute atomic E-state index is 12.2. The summed E-state index contributed by atoms with van der Waals surface area (Å²) >= 11 is 0. The van der Waals surface area contributed by atoms with Gasteiger partial charge in [-0.15, -0.1) is 0 Å². The molecule has 0 heterocycles. The summed E-state index contributed by atoms with van der Waals surface area (Å²) < 4.78 is 0. The zero-order valence-corrected chi connectivity index (χ0v) is 10.5. The fraction of sp³-hybridized carbons (Fsp3) is 0.857. The highest BCUT2D eigenvalue weighted by Crippen LogP contribution is 2.36. The van der Waals surface area contributed by atoms with Gasteiger partial charge in [0.25, 0.3) is 0 Å². The van der Waals surface area contributed by atoms with Crippen molar-refractivity contribution < 1.29 is 4.79 Å². The minimum atomic E-state index is -0.711. The number of carbonyl (C=O) groups excluding carboxylic acids is 1. The molecule has 2 fully saturated rings. The first-order valence-electron chi connectivity index (χ1n) is 6.96. The molecule has 17 heavy (non-hydrogen) atoms. The van der Waals surface area contributed by atoms with Gasteiger partial charge in [0.2, 0.25) is 5.91 Å². The maximum Gasteiger partial charge on any atom is 0.240 e. The third-order valence-electron chi connectivity index (χ3n) is 4.38. The molecule has 0 atom stereocenters. The Kier molecular flexibility index (Phi) is 4.04. The molecule has 1 amide bonds. The van der Waals surface area contributed by atoms with Gasteiger partial charge in [-0.2, -0.15) is 5.26 Å². The molecule has 0 spiro atoms. The van der Waals surface area contributed by atoms with Crippen molar-refractivity contribution in [2.75, 3.05) is 6.54 Å². The lowest BCUT2D eigenvalue weighted by atomic mass is 9.74. The van der Waals surface area contributed by atoms with Crippen LogP contribution in [0.4, 0.5) is 0 Å². The van der Waals surface area contributed by atoms with E-state index in [9.17, 15) is 10.1 Å². The summed E-state index contributed by atoms with van der Waals surface area (Å²) in [5, 5.41) is 12.3. The second kappa shape index (κ2) is 5.53. The molecule has 2 aliphatic carbocycles. The van der Waals surface area contributed by atoms with Crippen LogP contribution in [-0.4, -0.2) is 12.5 Å². The van der Waals surface area contributed by atoms with E-state index in [0.29, 0.717) is 5.92 Å². The summed E-state index contributed by atoms with van der Waals surface area (Å²) in [6.45, 7) is 0.780. The highest BCUT2D eigenvalue weighted by atomic mass is 16.2. The van der Waals surface area contributed by atoms with E-state index in [1.165, 1.54) is 32.1 Å². The number of nitrogens with one attached hydrogen (secondary N) is 1. The van der Waals surface area contributed by atoms with Crippen LogP contribution >= 0.6 is 0 Å². The zero-order chi connectivity index (χ0) is 12.1. The molecule has 2 rings (SSSR count). The smallest absolute Gasteiger partial charge is 0.240 e. The highest BCUT2D eigenvalue weighted by molar-refractivity contribution is 5.85. The van der Waals surface area contributed by atoms with E-state index < -0.39 is 5.41 Å².